The molecule has 1 atom stereocenters. The number of fused-ring (bicyclic) bond motifs is 1. The van der Waals surface area contributed by atoms with Crippen LogP contribution in [0.2, 0.25) is 0 Å². The molecule has 110 valence electrons. The molecular formula is C18H22N2O. The first-order chi connectivity index (χ1) is 10.3. The smallest absolute Gasteiger partial charge is 0.227 e. The molecule has 0 spiro atoms. The number of benzene rings is 2. The molecule has 2 aromatic rings. The average molecular weight is 282 g/mol. The number of piperidine rings is 1. The summed E-state index contributed by atoms with van der Waals surface area (Å²) in [6, 6.07) is 14.7. The van der Waals surface area contributed by atoms with Crippen molar-refractivity contribution in [3.05, 3.63) is 48.0 Å². The third-order valence-corrected chi connectivity index (χ3v) is 4.31. The van der Waals surface area contributed by atoms with Gasteiger partial charge in [-0.1, -0.05) is 42.5 Å². The number of amides is 1. The van der Waals surface area contributed by atoms with E-state index in [9.17, 15) is 4.79 Å². The van der Waals surface area contributed by atoms with E-state index in [1.165, 1.54) is 16.3 Å². The van der Waals surface area contributed by atoms with Crippen molar-refractivity contribution in [2.24, 2.45) is 5.92 Å². The van der Waals surface area contributed by atoms with E-state index in [4.69, 9.17) is 0 Å². The Balaban J connectivity index is 1.76. The lowest BCUT2D eigenvalue weighted by molar-refractivity contribution is -0.135. The van der Waals surface area contributed by atoms with Gasteiger partial charge in [-0.2, -0.15) is 0 Å². The quantitative estimate of drug-likeness (QED) is 0.939. The molecule has 1 aliphatic rings. The molecule has 1 N–H and O–H groups in total. The predicted octanol–water partition coefficient (Wildman–Crippen LogP) is 2.80. The minimum atomic E-state index is 0.138. The zero-order valence-electron chi connectivity index (χ0n) is 12.5. The molecule has 1 saturated heterocycles. The van der Waals surface area contributed by atoms with E-state index < -0.39 is 0 Å². The number of hydrogen-bond acceptors (Lipinski definition) is 2. The Morgan fingerprint density at radius 1 is 1.24 bits per heavy atom. The SMILES string of the molecule is CN(Cc1cccc2ccccc12)C(=O)C1CCCNC1. The van der Waals surface area contributed by atoms with Gasteiger partial charge in [-0.25, -0.2) is 0 Å². The fraction of sp³-hybridized carbons (Fsp3) is 0.389. The number of nitrogens with zero attached hydrogens (tertiary/aromatic N) is 1. The van der Waals surface area contributed by atoms with Crippen LogP contribution >= 0.6 is 0 Å². The number of nitrogens with one attached hydrogen (secondary N) is 1. The van der Waals surface area contributed by atoms with Gasteiger partial charge in [-0.05, 0) is 35.7 Å². The Kier molecular flexibility index (Phi) is 4.20. The molecule has 0 radical (unpaired) electrons. The summed E-state index contributed by atoms with van der Waals surface area (Å²) in [6.45, 7) is 2.53. The number of carbonyl (C=O) groups is 1. The molecule has 0 aromatic heterocycles. The van der Waals surface area contributed by atoms with Gasteiger partial charge in [0.25, 0.3) is 0 Å². The second-order valence-corrected chi connectivity index (χ2v) is 5.88. The van der Waals surface area contributed by atoms with E-state index in [-0.39, 0.29) is 11.8 Å². The van der Waals surface area contributed by atoms with Gasteiger partial charge in [-0.3, -0.25) is 4.79 Å². The monoisotopic (exact) mass is 282 g/mol. The van der Waals surface area contributed by atoms with Crippen LogP contribution in [0.1, 0.15) is 18.4 Å². The summed E-state index contributed by atoms with van der Waals surface area (Å²) in [5.41, 5.74) is 1.22. The van der Waals surface area contributed by atoms with Gasteiger partial charge in [0, 0.05) is 20.1 Å². The van der Waals surface area contributed by atoms with Crippen LogP contribution in [0.15, 0.2) is 42.5 Å². The van der Waals surface area contributed by atoms with Gasteiger partial charge in [0.05, 0.1) is 5.92 Å². The fourth-order valence-corrected chi connectivity index (χ4v) is 3.14. The highest BCUT2D eigenvalue weighted by atomic mass is 16.2. The van der Waals surface area contributed by atoms with E-state index in [0.29, 0.717) is 6.54 Å². The molecule has 1 fully saturated rings. The van der Waals surface area contributed by atoms with Crippen molar-refractivity contribution in [2.75, 3.05) is 20.1 Å². The van der Waals surface area contributed by atoms with Crippen molar-refractivity contribution < 1.29 is 4.79 Å². The lowest BCUT2D eigenvalue weighted by Crippen LogP contribution is -2.41. The molecule has 1 heterocycles. The first-order valence-electron chi connectivity index (χ1n) is 7.68. The Bertz CT molecular complexity index is 627. The second-order valence-electron chi connectivity index (χ2n) is 5.88. The van der Waals surface area contributed by atoms with Gasteiger partial charge in [-0.15, -0.1) is 0 Å². The minimum Gasteiger partial charge on any atom is -0.341 e. The van der Waals surface area contributed by atoms with Crippen LogP contribution in [0, 0.1) is 5.92 Å². The Labute approximate surface area is 125 Å². The molecule has 1 unspecified atom stereocenters. The lowest BCUT2D eigenvalue weighted by Gasteiger charge is -2.27. The Hall–Kier alpha value is -1.87. The van der Waals surface area contributed by atoms with Gasteiger partial charge in [0.2, 0.25) is 5.91 Å². The minimum absolute atomic E-state index is 0.138. The molecule has 3 rings (SSSR count). The average Bonchev–Trinajstić information content (AvgIpc) is 2.55. The topological polar surface area (TPSA) is 32.3 Å². The van der Waals surface area contributed by atoms with Crippen LogP contribution in [0.3, 0.4) is 0 Å². The Morgan fingerprint density at radius 3 is 2.86 bits per heavy atom. The zero-order chi connectivity index (χ0) is 14.7. The molecule has 0 saturated carbocycles. The summed E-state index contributed by atoms with van der Waals surface area (Å²) in [5, 5.41) is 5.79. The van der Waals surface area contributed by atoms with E-state index >= 15 is 0 Å². The van der Waals surface area contributed by atoms with E-state index in [0.717, 1.165) is 25.9 Å². The molecule has 3 nitrogen and oxygen atoms in total. The summed E-state index contributed by atoms with van der Waals surface area (Å²) in [4.78, 5) is 14.4. The molecule has 21 heavy (non-hydrogen) atoms. The van der Waals surface area contributed by atoms with Crippen molar-refractivity contribution in [1.82, 2.24) is 10.2 Å². The third-order valence-electron chi connectivity index (χ3n) is 4.31. The molecule has 3 heteroatoms. The predicted molar refractivity (Wildman–Crippen MR) is 86.0 cm³/mol. The zero-order valence-corrected chi connectivity index (χ0v) is 12.5. The maximum atomic E-state index is 12.5. The number of hydrogen-bond donors (Lipinski definition) is 1. The van der Waals surface area contributed by atoms with Crippen LogP contribution in [-0.4, -0.2) is 30.9 Å². The van der Waals surface area contributed by atoms with Crippen LogP contribution in [-0.2, 0) is 11.3 Å². The van der Waals surface area contributed by atoms with Gasteiger partial charge in [0.15, 0.2) is 0 Å². The van der Waals surface area contributed by atoms with Crippen molar-refractivity contribution in [1.29, 1.82) is 0 Å². The molecule has 1 amide bonds. The summed E-state index contributed by atoms with van der Waals surface area (Å²) < 4.78 is 0. The number of carbonyl (C=O) groups excluding carboxylic acids is 1. The van der Waals surface area contributed by atoms with E-state index in [2.05, 4.69) is 47.8 Å². The molecule has 0 bridgehead atoms. The summed E-state index contributed by atoms with van der Waals surface area (Å²) >= 11 is 0. The first-order valence-corrected chi connectivity index (χ1v) is 7.68. The third kappa shape index (κ3) is 3.08. The highest BCUT2D eigenvalue weighted by Gasteiger charge is 2.24. The standard InChI is InChI=1S/C18H22N2O/c1-20(18(21)15-9-5-11-19-12-15)13-16-8-4-7-14-6-2-3-10-17(14)16/h2-4,6-8,10,15,19H,5,9,11-13H2,1H3. The largest absolute Gasteiger partial charge is 0.341 e. The molecular weight excluding hydrogens is 260 g/mol. The number of rotatable bonds is 3. The molecule has 1 aliphatic heterocycles. The van der Waals surface area contributed by atoms with Crippen LogP contribution in [0.25, 0.3) is 10.8 Å². The maximum absolute atomic E-state index is 12.5. The van der Waals surface area contributed by atoms with Gasteiger partial charge < -0.3 is 10.2 Å². The summed E-state index contributed by atoms with van der Waals surface area (Å²) in [6.07, 6.45) is 2.10. The van der Waals surface area contributed by atoms with Gasteiger partial charge in [0.1, 0.15) is 0 Å². The maximum Gasteiger partial charge on any atom is 0.227 e. The molecule has 0 aliphatic carbocycles. The lowest BCUT2D eigenvalue weighted by atomic mass is 9.97. The van der Waals surface area contributed by atoms with Crippen LogP contribution in [0.5, 0.6) is 0 Å². The van der Waals surface area contributed by atoms with E-state index in [1.54, 1.807) is 0 Å². The Morgan fingerprint density at radius 2 is 2.05 bits per heavy atom. The van der Waals surface area contributed by atoms with Crippen LogP contribution in [0.4, 0.5) is 0 Å². The highest BCUT2D eigenvalue weighted by Crippen LogP contribution is 2.21. The van der Waals surface area contributed by atoms with Crippen LogP contribution < -0.4 is 5.32 Å². The van der Waals surface area contributed by atoms with Crippen molar-refractivity contribution in [3.63, 3.8) is 0 Å². The van der Waals surface area contributed by atoms with Crippen molar-refractivity contribution in [3.8, 4) is 0 Å². The normalized spacial score (nSPS) is 18.6. The van der Waals surface area contributed by atoms with Crippen molar-refractivity contribution >= 4 is 16.7 Å². The molecule has 2 aromatic carbocycles. The van der Waals surface area contributed by atoms with E-state index in [1.807, 2.05) is 11.9 Å². The summed E-state index contributed by atoms with van der Waals surface area (Å²) in [7, 11) is 1.92. The van der Waals surface area contributed by atoms with Gasteiger partial charge >= 0.3 is 0 Å². The fourth-order valence-electron chi connectivity index (χ4n) is 3.14. The second kappa shape index (κ2) is 6.27. The highest BCUT2D eigenvalue weighted by molar-refractivity contribution is 5.86. The first kappa shape index (κ1) is 14.1. The van der Waals surface area contributed by atoms with Crippen molar-refractivity contribution in [2.45, 2.75) is 19.4 Å². The summed E-state index contributed by atoms with van der Waals surface area (Å²) in [5.74, 6) is 0.397.